The normalized spacial score (nSPS) is 20.7. The van der Waals surface area contributed by atoms with Gasteiger partial charge in [-0.2, -0.15) is 5.10 Å². The Morgan fingerprint density at radius 1 is 1.38 bits per heavy atom. The van der Waals surface area contributed by atoms with Gasteiger partial charge >= 0.3 is 0 Å². The molecule has 0 spiro atoms. The predicted octanol–water partition coefficient (Wildman–Crippen LogP) is 2.51. The van der Waals surface area contributed by atoms with Crippen LogP contribution in [0.3, 0.4) is 0 Å². The Bertz CT molecular complexity index is 768. The molecule has 0 radical (unpaired) electrons. The van der Waals surface area contributed by atoms with Crippen LogP contribution >= 0.6 is 0 Å². The highest BCUT2D eigenvalue weighted by atomic mass is 19.1. The molecule has 24 heavy (non-hydrogen) atoms. The minimum absolute atomic E-state index is 0.194. The van der Waals surface area contributed by atoms with Gasteiger partial charge in [0.15, 0.2) is 0 Å². The molecular weight excluding hydrogens is 307 g/mol. The second-order valence-corrected chi connectivity index (χ2v) is 6.87. The number of amides is 1. The molecule has 1 N–H and O–H groups in total. The third-order valence-corrected chi connectivity index (χ3v) is 4.76. The SMILES string of the molecule is Cn1cc2c(n1)C(C(=O)Nc1ccccc1F)CN(CC1CC1)C2. The largest absolute Gasteiger partial charge is 0.323 e. The molecule has 1 aromatic heterocycles. The Hall–Kier alpha value is -2.21. The van der Waals surface area contributed by atoms with E-state index < -0.39 is 5.82 Å². The van der Waals surface area contributed by atoms with E-state index in [9.17, 15) is 9.18 Å². The number of hydrogen-bond acceptors (Lipinski definition) is 3. The molecule has 2 aliphatic rings. The van der Waals surface area contributed by atoms with Gasteiger partial charge in [-0.1, -0.05) is 12.1 Å². The second kappa shape index (κ2) is 6.02. The van der Waals surface area contributed by atoms with Gasteiger partial charge in [-0.05, 0) is 30.9 Å². The molecular formula is C18H21FN4O. The molecule has 1 unspecified atom stereocenters. The highest BCUT2D eigenvalue weighted by molar-refractivity contribution is 5.96. The zero-order valence-corrected chi connectivity index (χ0v) is 13.7. The summed E-state index contributed by atoms with van der Waals surface area (Å²) in [5, 5.41) is 7.21. The zero-order chi connectivity index (χ0) is 16.7. The Morgan fingerprint density at radius 2 is 2.17 bits per heavy atom. The van der Waals surface area contributed by atoms with Gasteiger partial charge in [0.25, 0.3) is 0 Å². The van der Waals surface area contributed by atoms with Gasteiger partial charge in [0.2, 0.25) is 5.91 Å². The van der Waals surface area contributed by atoms with Crippen LogP contribution in [0.15, 0.2) is 30.5 Å². The van der Waals surface area contributed by atoms with Crippen LogP contribution in [0.1, 0.15) is 30.0 Å². The summed E-state index contributed by atoms with van der Waals surface area (Å²) in [6, 6.07) is 6.25. The van der Waals surface area contributed by atoms with Crippen molar-refractivity contribution in [1.82, 2.24) is 14.7 Å². The van der Waals surface area contributed by atoms with Crippen LogP contribution in [-0.4, -0.2) is 33.7 Å². The number of carbonyl (C=O) groups excluding carboxylic acids is 1. The minimum atomic E-state index is -0.419. The maximum absolute atomic E-state index is 13.8. The Morgan fingerprint density at radius 3 is 2.92 bits per heavy atom. The topological polar surface area (TPSA) is 50.2 Å². The van der Waals surface area contributed by atoms with Crippen molar-refractivity contribution in [2.24, 2.45) is 13.0 Å². The van der Waals surface area contributed by atoms with Crippen molar-refractivity contribution >= 4 is 11.6 Å². The standard InChI is InChI=1S/C18H21FN4O/c1-22-9-13-10-23(8-12-6-7-12)11-14(17(13)21-22)18(24)20-16-5-3-2-4-15(16)19/h2-5,9,12,14H,6-8,10-11H2,1H3,(H,20,24). The van der Waals surface area contributed by atoms with Gasteiger partial charge in [-0.25, -0.2) is 4.39 Å². The first-order valence-electron chi connectivity index (χ1n) is 8.40. The molecule has 1 amide bonds. The van der Waals surface area contributed by atoms with E-state index in [4.69, 9.17) is 0 Å². The van der Waals surface area contributed by atoms with E-state index in [1.165, 1.54) is 18.9 Å². The van der Waals surface area contributed by atoms with Gasteiger partial charge < -0.3 is 5.32 Å². The van der Waals surface area contributed by atoms with Crippen molar-refractivity contribution in [2.45, 2.75) is 25.3 Å². The number of benzene rings is 1. The summed E-state index contributed by atoms with van der Waals surface area (Å²) in [5.74, 6) is -0.218. The van der Waals surface area contributed by atoms with Crippen LogP contribution in [0.2, 0.25) is 0 Å². The summed E-state index contributed by atoms with van der Waals surface area (Å²) in [4.78, 5) is 15.1. The van der Waals surface area contributed by atoms with Crippen molar-refractivity contribution in [1.29, 1.82) is 0 Å². The van der Waals surface area contributed by atoms with Crippen LogP contribution in [0.25, 0.3) is 0 Å². The quantitative estimate of drug-likeness (QED) is 0.938. The molecule has 0 bridgehead atoms. The van der Waals surface area contributed by atoms with Crippen LogP contribution < -0.4 is 5.32 Å². The fourth-order valence-corrected chi connectivity index (χ4v) is 3.41. The first kappa shape index (κ1) is 15.3. The molecule has 4 rings (SSSR count). The summed E-state index contributed by atoms with van der Waals surface area (Å²) >= 11 is 0. The molecule has 1 fully saturated rings. The van der Waals surface area contributed by atoms with Gasteiger partial charge in [0.05, 0.1) is 17.3 Å². The highest BCUT2D eigenvalue weighted by Gasteiger charge is 2.35. The number of halogens is 1. The van der Waals surface area contributed by atoms with E-state index >= 15 is 0 Å². The van der Waals surface area contributed by atoms with Gasteiger partial charge in [-0.15, -0.1) is 0 Å². The summed E-state index contributed by atoms with van der Waals surface area (Å²) < 4.78 is 15.6. The number of aromatic nitrogens is 2. The molecule has 2 heterocycles. The lowest BCUT2D eigenvalue weighted by Crippen LogP contribution is -2.39. The molecule has 1 aliphatic heterocycles. The second-order valence-electron chi connectivity index (χ2n) is 6.87. The fourth-order valence-electron chi connectivity index (χ4n) is 3.41. The maximum Gasteiger partial charge on any atom is 0.234 e. The number of para-hydroxylation sites is 1. The Balaban J connectivity index is 1.57. The summed E-state index contributed by atoms with van der Waals surface area (Å²) in [6.45, 7) is 2.50. The smallest absolute Gasteiger partial charge is 0.234 e. The molecule has 0 saturated heterocycles. The first-order valence-corrected chi connectivity index (χ1v) is 8.40. The molecule has 1 aromatic carbocycles. The van der Waals surface area contributed by atoms with Gasteiger partial charge in [0.1, 0.15) is 5.82 Å². The van der Waals surface area contributed by atoms with Gasteiger partial charge in [0, 0.05) is 38.4 Å². The van der Waals surface area contributed by atoms with Gasteiger partial charge in [-0.3, -0.25) is 14.4 Å². The van der Waals surface area contributed by atoms with E-state index in [0.717, 1.165) is 30.3 Å². The predicted molar refractivity (Wildman–Crippen MR) is 89.0 cm³/mol. The molecule has 1 atom stereocenters. The van der Waals surface area contributed by atoms with E-state index in [1.54, 1.807) is 22.9 Å². The summed E-state index contributed by atoms with van der Waals surface area (Å²) in [5.41, 5.74) is 2.13. The van der Waals surface area contributed by atoms with Crippen LogP contribution in [0.4, 0.5) is 10.1 Å². The highest BCUT2D eigenvalue weighted by Crippen LogP contribution is 2.34. The molecule has 2 aromatic rings. The van der Waals surface area contributed by atoms with Crippen molar-refractivity contribution in [3.63, 3.8) is 0 Å². The lowest BCUT2D eigenvalue weighted by molar-refractivity contribution is -0.118. The van der Waals surface area contributed by atoms with E-state index in [-0.39, 0.29) is 17.5 Å². The average molecular weight is 328 g/mol. The lowest BCUT2D eigenvalue weighted by atomic mass is 9.95. The van der Waals surface area contributed by atoms with Crippen LogP contribution in [0.5, 0.6) is 0 Å². The number of nitrogens with one attached hydrogen (secondary N) is 1. The van der Waals surface area contributed by atoms with E-state index in [2.05, 4.69) is 15.3 Å². The number of carbonyl (C=O) groups is 1. The third-order valence-electron chi connectivity index (χ3n) is 4.76. The van der Waals surface area contributed by atoms with Crippen LogP contribution in [0, 0.1) is 11.7 Å². The number of rotatable bonds is 4. The fraction of sp³-hybridized carbons (Fsp3) is 0.444. The molecule has 6 heteroatoms. The zero-order valence-electron chi connectivity index (χ0n) is 13.7. The van der Waals surface area contributed by atoms with E-state index in [0.29, 0.717) is 6.54 Å². The molecule has 126 valence electrons. The summed E-state index contributed by atoms with van der Waals surface area (Å²) in [7, 11) is 1.87. The molecule has 5 nitrogen and oxygen atoms in total. The average Bonchev–Trinajstić information content (AvgIpc) is 3.27. The lowest BCUT2D eigenvalue weighted by Gasteiger charge is -2.31. The number of fused-ring (bicyclic) bond motifs is 1. The van der Waals surface area contributed by atoms with Crippen molar-refractivity contribution in [3.05, 3.63) is 47.5 Å². The number of anilines is 1. The molecule has 1 aliphatic carbocycles. The first-order chi connectivity index (χ1) is 11.6. The monoisotopic (exact) mass is 328 g/mol. The summed E-state index contributed by atoms with van der Waals surface area (Å²) in [6.07, 6.45) is 4.54. The van der Waals surface area contributed by atoms with E-state index in [1.807, 2.05) is 13.2 Å². The van der Waals surface area contributed by atoms with Crippen molar-refractivity contribution in [3.8, 4) is 0 Å². The number of nitrogens with zero attached hydrogens (tertiary/aromatic N) is 3. The molecule has 1 saturated carbocycles. The number of hydrogen-bond donors (Lipinski definition) is 1. The van der Waals surface area contributed by atoms with Crippen molar-refractivity contribution < 1.29 is 9.18 Å². The Labute approximate surface area is 140 Å². The number of aryl methyl sites for hydroxylation is 1. The van der Waals surface area contributed by atoms with Crippen molar-refractivity contribution in [2.75, 3.05) is 18.4 Å². The maximum atomic E-state index is 13.8. The third kappa shape index (κ3) is 3.06. The Kier molecular flexibility index (Phi) is 3.84. The van der Waals surface area contributed by atoms with Crippen LogP contribution in [-0.2, 0) is 18.4 Å². The minimum Gasteiger partial charge on any atom is -0.323 e.